The first-order chi connectivity index (χ1) is 12.9. The number of pyridine rings is 1. The van der Waals surface area contributed by atoms with Gasteiger partial charge in [-0.05, 0) is 18.2 Å². The van der Waals surface area contributed by atoms with Crippen LogP contribution in [0, 0.1) is 11.6 Å². The number of aromatic amines is 1. The number of anilines is 1. The Labute approximate surface area is 158 Å². The summed E-state index contributed by atoms with van der Waals surface area (Å²) >= 11 is 5.78. The summed E-state index contributed by atoms with van der Waals surface area (Å²) in [4.78, 5) is 19.1. The summed E-state index contributed by atoms with van der Waals surface area (Å²) in [7, 11) is -5.98. The summed E-state index contributed by atoms with van der Waals surface area (Å²) in [6.07, 6.45) is 2.34. The highest BCUT2D eigenvalue weighted by molar-refractivity contribution is 7.93. The van der Waals surface area contributed by atoms with E-state index in [0.29, 0.717) is 12.1 Å². The fraction of sp³-hybridized carbons (Fsp3) is 0.0667. The van der Waals surface area contributed by atoms with Crippen molar-refractivity contribution in [2.75, 3.05) is 4.72 Å². The van der Waals surface area contributed by atoms with Crippen LogP contribution in [0.2, 0.25) is 5.02 Å². The van der Waals surface area contributed by atoms with Gasteiger partial charge in [0.25, 0.3) is 0 Å². The van der Waals surface area contributed by atoms with Crippen LogP contribution in [0.3, 0.4) is 0 Å². The molecule has 0 atom stereocenters. The maximum absolute atomic E-state index is 14.6. The minimum Gasteiger partial charge on any atom is -0.345 e. The Kier molecular flexibility index (Phi) is 4.79. The number of alkyl halides is 3. The summed E-state index contributed by atoms with van der Waals surface area (Å²) in [5, 5.41) is 0.228. The number of carbonyl (C=O) groups is 1. The number of hydrogen-bond donors (Lipinski definition) is 2. The molecule has 0 unspecified atom stereocenters. The molecule has 2 N–H and O–H groups in total. The third kappa shape index (κ3) is 3.40. The van der Waals surface area contributed by atoms with Crippen molar-refractivity contribution in [2.24, 2.45) is 0 Å². The van der Waals surface area contributed by atoms with Gasteiger partial charge in [-0.15, -0.1) is 0 Å². The van der Waals surface area contributed by atoms with Crippen LogP contribution in [0.1, 0.15) is 15.9 Å². The molecule has 6 nitrogen and oxygen atoms in total. The van der Waals surface area contributed by atoms with Gasteiger partial charge >= 0.3 is 15.5 Å². The van der Waals surface area contributed by atoms with E-state index in [4.69, 9.17) is 11.6 Å². The largest absolute Gasteiger partial charge is 0.516 e. The monoisotopic (exact) mass is 439 g/mol. The lowest BCUT2D eigenvalue weighted by Gasteiger charge is -2.13. The van der Waals surface area contributed by atoms with E-state index in [2.05, 4.69) is 9.97 Å². The van der Waals surface area contributed by atoms with Gasteiger partial charge in [-0.3, -0.25) is 9.52 Å². The molecule has 0 fully saturated rings. The number of nitrogens with one attached hydrogen (secondary N) is 2. The molecular weight excluding hydrogens is 433 g/mol. The van der Waals surface area contributed by atoms with Crippen LogP contribution in [-0.4, -0.2) is 29.7 Å². The fourth-order valence-electron chi connectivity index (χ4n) is 2.34. The Balaban J connectivity index is 2.12. The molecule has 0 bridgehead atoms. The average molecular weight is 440 g/mol. The maximum Gasteiger partial charge on any atom is 0.516 e. The van der Waals surface area contributed by atoms with Crippen molar-refractivity contribution in [3.63, 3.8) is 0 Å². The predicted octanol–water partition coefficient (Wildman–Crippen LogP) is 3.99. The van der Waals surface area contributed by atoms with Gasteiger partial charge in [-0.25, -0.2) is 13.8 Å². The quantitative estimate of drug-likeness (QED) is 0.475. The molecule has 3 aromatic rings. The molecule has 0 radical (unpaired) electrons. The lowest BCUT2D eigenvalue weighted by molar-refractivity contribution is -0.0429. The number of sulfonamides is 1. The Morgan fingerprint density at radius 1 is 1.21 bits per heavy atom. The van der Waals surface area contributed by atoms with E-state index in [1.54, 1.807) is 0 Å². The molecule has 148 valence electrons. The zero-order valence-corrected chi connectivity index (χ0v) is 14.8. The Hall–Kier alpha value is -2.73. The van der Waals surface area contributed by atoms with E-state index >= 15 is 0 Å². The molecule has 0 spiro atoms. The molecule has 0 saturated carbocycles. The van der Waals surface area contributed by atoms with Crippen molar-refractivity contribution in [2.45, 2.75) is 5.51 Å². The van der Waals surface area contributed by atoms with E-state index in [0.717, 1.165) is 10.9 Å². The van der Waals surface area contributed by atoms with E-state index in [1.807, 2.05) is 0 Å². The Bertz CT molecular complexity index is 1210. The molecular formula is C15H7ClF5N3O3S. The first-order valence-corrected chi connectivity index (χ1v) is 9.03. The molecule has 0 aliphatic heterocycles. The minimum atomic E-state index is -5.98. The second-order valence-electron chi connectivity index (χ2n) is 5.42. The maximum atomic E-state index is 14.6. The van der Waals surface area contributed by atoms with Crippen LogP contribution >= 0.6 is 11.6 Å². The Morgan fingerprint density at radius 2 is 1.89 bits per heavy atom. The third-order valence-electron chi connectivity index (χ3n) is 3.61. The predicted molar refractivity (Wildman–Crippen MR) is 89.5 cm³/mol. The Morgan fingerprint density at radius 3 is 2.54 bits per heavy atom. The second kappa shape index (κ2) is 6.71. The summed E-state index contributed by atoms with van der Waals surface area (Å²) in [6, 6.07) is 2.18. The van der Waals surface area contributed by atoms with Crippen molar-refractivity contribution in [1.29, 1.82) is 0 Å². The van der Waals surface area contributed by atoms with Crippen LogP contribution in [0.15, 0.2) is 30.6 Å². The van der Waals surface area contributed by atoms with Gasteiger partial charge < -0.3 is 4.98 Å². The van der Waals surface area contributed by atoms with Crippen LogP contribution in [0.4, 0.5) is 27.6 Å². The smallest absolute Gasteiger partial charge is 0.345 e. The highest BCUT2D eigenvalue weighted by atomic mass is 35.5. The second-order valence-corrected chi connectivity index (χ2v) is 7.53. The molecule has 0 aliphatic rings. The van der Waals surface area contributed by atoms with Gasteiger partial charge in [-0.1, -0.05) is 11.6 Å². The molecule has 2 heterocycles. The SMILES string of the molecule is O=C(c1c(F)ccc(NS(=O)(=O)C(F)(F)F)c1F)c1c[nH]c2ncc(Cl)cc12. The van der Waals surface area contributed by atoms with Gasteiger partial charge in [0.15, 0.2) is 5.82 Å². The highest BCUT2D eigenvalue weighted by Crippen LogP contribution is 2.30. The van der Waals surface area contributed by atoms with Crippen molar-refractivity contribution in [3.8, 4) is 0 Å². The third-order valence-corrected chi connectivity index (χ3v) is 4.91. The van der Waals surface area contributed by atoms with Crippen molar-refractivity contribution >= 4 is 44.1 Å². The number of hydrogen-bond acceptors (Lipinski definition) is 4. The molecule has 0 saturated heterocycles. The first kappa shape index (κ1) is 20.0. The summed E-state index contributed by atoms with van der Waals surface area (Å²) in [5.74, 6) is -4.46. The van der Waals surface area contributed by atoms with E-state index in [-0.39, 0.29) is 21.6 Å². The van der Waals surface area contributed by atoms with Crippen molar-refractivity contribution < 1.29 is 35.2 Å². The van der Waals surface area contributed by atoms with E-state index < -0.39 is 44.2 Å². The number of carbonyl (C=O) groups excluding carboxylic acids is 1. The fourth-order valence-corrected chi connectivity index (χ4v) is 3.06. The normalized spacial score (nSPS) is 12.4. The summed E-state index contributed by atoms with van der Waals surface area (Å²) < 4.78 is 89.4. The van der Waals surface area contributed by atoms with Crippen LogP contribution < -0.4 is 4.72 Å². The van der Waals surface area contributed by atoms with Gasteiger partial charge in [0, 0.05) is 23.3 Å². The molecule has 13 heteroatoms. The molecule has 2 aromatic heterocycles. The molecule has 0 amide bonds. The number of ketones is 1. The number of benzene rings is 1. The standard InChI is InChI=1S/C15H7ClF5N3O3S/c16-6-3-7-8(5-23-14(7)22-4-6)13(25)11-9(17)1-2-10(12(11)18)24-28(26,27)15(19,20)21/h1-5,24H,(H,22,23). The number of fused-ring (bicyclic) bond motifs is 1. The van der Waals surface area contributed by atoms with Crippen molar-refractivity contribution in [3.05, 3.63) is 58.4 Å². The van der Waals surface area contributed by atoms with E-state index in [9.17, 15) is 35.2 Å². The van der Waals surface area contributed by atoms with Gasteiger partial charge in [0.1, 0.15) is 11.5 Å². The van der Waals surface area contributed by atoms with Crippen molar-refractivity contribution in [1.82, 2.24) is 9.97 Å². The lowest BCUT2D eigenvalue weighted by Crippen LogP contribution is -2.30. The van der Waals surface area contributed by atoms with Crippen LogP contribution in [-0.2, 0) is 10.0 Å². The highest BCUT2D eigenvalue weighted by Gasteiger charge is 2.46. The zero-order valence-electron chi connectivity index (χ0n) is 13.2. The number of halogens is 6. The van der Waals surface area contributed by atoms with Crippen LogP contribution in [0.25, 0.3) is 11.0 Å². The topological polar surface area (TPSA) is 91.9 Å². The van der Waals surface area contributed by atoms with E-state index in [1.165, 1.54) is 12.3 Å². The van der Waals surface area contributed by atoms with Gasteiger partial charge in [0.05, 0.1) is 16.3 Å². The molecule has 0 aliphatic carbocycles. The van der Waals surface area contributed by atoms with Gasteiger partial charge in [-0.2, -0.15) is 21.6 Å². The average Bonchev–Trinajstić information content (AvgIpc) is 2.99. The number of aromatic nitrogens is 2. The van der Waals surface area contributed by atoms with Crippen LogP contribution in [0.5, 0.6) is 0 Å². The summed E-state index contributed by atoms with van der Waals surface area (Å²) in [5.41, 5.74) is -8.32. The zero-order chi connectivity index (χ0) is 20.9. The lowest BCUT2D eigenvalue weighted by atomic mass is 10.0. The minimum absolute atomic E-state index is 0.109. The molecule has 3 rings (SSSR count). The summed E-state index contributed by atoms with van der Waals surface area (Å²) in [6.45, 7) is 0. The number of H-pyrrole nitrogens is 1. The molecule has 1 aromatic carbocycles. The molecule has 28 heavy (non-hydrogen) atoms. The van der Waals surface area contributed by atoms with Gasteiger partial charge in [0.2, 0.25) is 5.78 Å². The number of rotatable bonds is 4. The first-order valence-electron chi connectivity index (χ1n) is 7.17. The number of nitrogens with zero attached hydrogens (tertiary/aromatic N) is 1.